The zero-order valence-corrected chi connectivity index (χ0v) is 32.1. The molecular weight excluding hydrogens is 717 g/mol. The molecule has 2 heterocycles. The van der Waals surface area contributed by atoms with Crippen molar-refractivity contribution >= 4 is 82.4 Å². The van der Waals surface area contributed by atoms with Gasteiger partial charge in [-0.25, -0.2) is 0 Å². The molecule has 0 aliphatic rings. The van der Waals surface area contributed by atoms with Gasteiger partial charge < -0.3 is 13.9 Å². The lowest BCUT2D eigenvalue weighted by atomic mass is 9.98. The minimum absolute atomic E-state index is 0.870. The maximum atomic E-state index is 6.38. The van der Waals surface area contributed by atoms with Crippen molar-refractivity contribution in [1.82, 2.24) is 4.57 Å². The second kappa shape index (κ2) is 13.4. The third-order valence-corrected chi connectivity index (χ3v) is 12.0. The van der Waals surface area contributed by atoms with E-state index in [0.29, 0.717) is 0 Å². The Hall–Kier alpha value is -7.88. The number of hydrogen-bond donors (Lipinski definition) is 0. The second-order valence-electron chi connectivity index (χ2n) is 15.3. The summed E-state index contributed by atoms with van der Waals surface area (Å²) >= 11 is 0. The van der Waals surface area contributed by atoms with Gasteiger partial charge in [0.15, 0.2) is 0 Å². The number of para-hydroxylation sites is 2. The topological polar surface area (TPSA) is 21.3 Å². The van der Waals surface area contributed by atoms with Crippen LogP contribution in [0.25, 0.3) is 93.2 Å². The minimum atomic E-state index is 0.870. The highest BCUT2D eigenvalue weighted by atomic mass is 16.3. The van der Waals surface area contributed by atoms with Gasteiger partial charge in [-0.05, 0) is 111 Å². The van der Waals surface area contributed by atoms with Crippen LogP contribution in [0.2, 0.25) is 0 Å². The number of fused-ring (bicyclic) bond motifs is 9. The summed E-state index contributed by atoms with van der Waals surface area (Å²) in [6.07, 6.45) is 0. The van der Waals surface area contributed by atoms with Gasteiger partial charge in [0.2, 0.25) is 0 Å². The Labute approximate surface area is 341 Å². The van der Waals surface area contributed by atoms with Crippen molar-refractivity contribution in [3.05, 3.63) is 218 Å². The minimum Gasteiger partial charge on any atom is -0.456 e. The first-order valence-corrected chi connectivity index (χ1v) is 20.2. The van der Waals surface area contributed by atoms with E-state index in [2.05, 4.69) is 216 Å². The SMILES string of the molecule is c1ccc2c(-c3ccc(N(c4ccc(-c5ccc(-n6c7ccccc7c7c8ccccc8ccc76)cc5)cc4)c4cccc5oc6ccccc6c45)cc3)cccc2c1. The Morgan fingerprint density at radius 1 is 0.339 bits per heavy atom. The Kier molecular flexibility index (Phi) is 7.54. The third-order valence-electron chi connectivity index (χ3n) is 12.0. The Bertz CT molecular complexity index is 3530. The van der Waals surface area contributed by atoms with Gasteiger partial charge in [-0.1, -0.05) is 152 Å². The summed E-state index contributed by atoms with van der Waals surface area (Å²) in [5.41, 5.74) is 13.3. The van der Waals surface area contributed by atoms with Gasteiger partial charge in [0.25, 0.3) is 0 Å². The van der Waals surface area contributed by atoms with Crippen LogP contribution in [0.15, 0.2) is 223 Å². The zero-order chi connectivity index (χ0) is 38.9. The summed E-state index contributed by atoms with van der Waals surface area (Å²) in [5, 5.41) is 9.79. The van der Waals surface area contributed by atoms with Crippen molar-refractivity contribution in [3.8, 4) is 27.9 Å². The molecule has 10 aromatic carbocycles. The molecule has 12 aromatic rings. The standard InChI is InChI=1S/C56H36N2O/c1-3-14-45-39(11-1)13-9-18-46(45)41-27-34-43(35-28-41)57(51-20-10-22-54-56(51)49-17-6-8-21-53(49)59-54)42-30-23-37(24-31-42)38-25-32-44(33-26-38)58-50-19-7-5-16-48(50)55-47-15-4-2-12-40(47)29-36-52(55)58/h1-36H. The Morgan fingerprint density at radius 3 is 1.66 bits per heavy atom. The molecule has 0 aliphatic carbocycles. The van der Waals surface area contributed by atoms with Crippen LogP contribution >= 0.6 is 0 Å². The smallest absolute Gasteiger partial charge is 0.137 e. The summed E-state index contributed by atoms with van der Waals surface area (Å²) < 4.78 is 8.78. The molecule has 0 spiro atoms. The van der Waals surface area contributed by atoms with Crippen molar-refractivity contribution < 1.29 is 4.42 Å². The molecule has 0 aliphatic heterocycles. The lowest BCUT2D eigenvalue weighted by Gasteiger charge is -2.26. The van der Waals surface area contributed by atoms with Gasteiger partial charge in [0.1, 0.15) is 11.2 Å². The summed E-state index contributed by atoms with van der Waals surface area (Å²) in [4.78, 5) is 2.36. The molecule has 0 saturated heterocycles. The summed E-state index contributed by atoms with van der Waals surface area (Å²) in [6.45, 7) is 0. The van der Waals surface area contributed by atoms with Gasteiger partial charge in [-0.2, -0.15) is 0 Å². The molecule has 3 heteroatoms. The molecule has 0 fully saturated rings. The van der Waals surface area contributed by atoms with E-state index < -0.39 is 0 Å². The van der Waals surface area contributed by atoms with E-state index in [1.807, 2.05) is 12.1 Å². The normalized spacial score (nSPS) is 11.7. The fourth-order valence-corrected chi connectivity index (χ4v) is 9.26. The molecule has 2 aromatic heterocycles. The average Bonchev–Trinajstić information content (AvgIpc) is 3.86. The quantitative estimate of drug-likeness (QED) is 0.169. The van der Waals surface area contributed by atoms with Crippen molar-refractivity contribution in [2.24, 2.45) is 0 Å². The summed E-state index contributed by atoms with van der Waals surface area (Å²) in [7, 11) is 0. The molecule has 0 radical (unpaired) electrons. The number of aromatic nitrogens is 1. The molecule has 0 amide bonds. The van der Waals surface area contributed by atoms with Gasteiger partial charge >= 0.3 is 0 Å². The first-order chi connectivity index (χ1) is 29.3. The van der Waals surface area contributed by atoms with E-state index in [-0.39, 0.29) is 0 Å². The predicted molar refractivity (Wildman–Crippen MR) is 249 cm³/mol. The van der Waals surface area contributed by atoms with Crippen molar-refractivity contribution in [2.75, 3.05) is 4.90 Å². The molecule has 276 valence electrons. The predicted octanol–water partition coefficient (Wildman–Crippen LogP) is 15.8. The Morgan fingerprint density at radius 2 is 0.898 bits per heavy atom. The van der Waals surface area contributed by atoms with E-state index >= 15 is 0 Å². The van der Waals surface area contributed by atoms with E-state index in [4.69, 9.17) is 4.42 Å². The van der Waals surface area contributed by atoms with Crippen molar-refractivity contribution in [3.63, 3.8) is 0 Å². The first-order valence-electron chi connectivity index (χ1n) is 20.2. The lowest BCUT2D eigenvalue weighted by Crippen LogP contribution is -2.10. The molecule has 3 nitrogen and oxygen atoms in total. The molecule has 59 heavy (non-hydrogen) atoms. The monoisotopic (exact) mass is 752 g/mol. The van der Waals surface area contributed by atoms with Gasteiger partial charge in [-0.15, -0.1) is 0 Å². The molecular formula is C56H36N2O. The molecule has 12 rings (SSSR count). The maximum Gasteiger partial charge on any atom is 0.137 e. The third kappa shape index (κ3) is 5.36. The number of anilines is 3. The van der Waals surface area contributed by atoms with Gasteiger partial charge in [0, 0.05) is 33.2 Å². The first kappa shape index (κ1) is 33.3. The van der Waals surface area contributed by atoms with Crippen LogP contribution in [0, 0.1) is 0 Å². The zero-order valence-electron chi connectivity index (χ0n) is 32.1. The maximum absolute atomic E-state index is 6.38. The van der Waals surface area contributed by atoms with Crippen LogP contribution in [0.1, 0.15) is 0 Å². The van der Waals surface area contributed by atoms with Crippen molar-refractivity contribution in [2.45, 2.75) is 0 Å². The number of benzene rings is 10. The van der Waals surface area contributed by atoms with Gasteiger partial charge in [-0.3, -0.25) is 0 Å². The molecule has 0 saturated carbocycles. The Balaban J connectivity index is 0.945. The highest BCUT2D eigenvalue weighted by Gasteiger charge is 2.20. The van der Waals surface area contributed by atoms with Crippen LogP contribution in [-0.4, -0.2) is 4.57 Å². The van der Waals surface area contributed by atoms with Gasteiger partial charge in [0.05, 0.1) is 22.1 Å². The molecule has 0 atom stereocenters. The largest absolute Gasteiger partial charge is 0.456 e. The van der Waals surface area contributed by atoms with E-state index in [1.54, 1.807) is 0 Å². The van der Waals surface area contributed by atoms with Crippen LogP contribution < -0.4 is 4.90 Å². The van der Waals surface area contributed by atoms with Crippen LogP contribution in [0.5, 0.6) is 0 Å². The fourth-order valence-electron chi connectivity index (χ4n) is 9.26. The summed E-state index contributed by atoms with van der Waals surface area (Å²) in [5.74, 6) is 0. The number of hydrogen-bond acceptors (Lipinski definition) is 2. The highest BCUT2D eigenvalue weighted by Crippen LogP contribution is 2.44. The number of rotatable bonds is 6. The average molecular weight is 753 g/mol. The van der Waals surface area contributed by atoms with E-state index in [0.717, 1.165) is 50.3 Å². The fraction of sp³-hybridized carbons (Fsp3) is 0. The van der Waals surface area contributed by atoms with Crippen molar-refractivity contribution in [1.29, 1.82) is 0 Å². The van der Waals surface area contributed by atoms with Crippen LogP contribution in [-0.2, 0) is 0 Å². The molecule has 0 N–H and O–H groups in total. The summed E-state index contributed by atoms with van der Waals surface area (Å²) in [6, 6.07) is 78.6. The van der Waals surface area contributed by atoms with E-state index in [1.165, 1.54) is 60.0 Å². The molecule has 0 bridgehead atoms. The highest BCUT2D eigenvalue weighted by molar-refractivity contribution is 6.21. The van der Waals surface area contributed by atoms with Crippen LogP contribution in [0.3, 0.4) is 0 Å². The molecule has 0 unspecified atom stereocenters. The number of nitrogens with zero attached hydrogens (tertiary/aromatic N) is 2. The van der Waals surface area contributed by atoms with E-state index in [9.17, 15) is 0 Å². The van der Waals surface area contributed by atoms with Crippen LogP contribution in [0.4, 0.5) is 17.1 Å². The second-order valence-corrected chi connectivity index (χ2v) is 15.3. The number of furan rings is 1. The lowest BCUT2D eigenvalue weighted by molar-refractivity contribution is 0.669.